The van der Waals surface area contributed by atoms with E-state index in [1.165, 1.54) is 11.1 Å². The average molecular weight is 299 g/mol. The molecule has 2 nitrogen and oxygen atoms in total. The van der Waals surface area contributed by atoms with Gasteiger partial charge in [0.2, 0.25) is 0 Å². The first kappa shape index (κ1) is 12.9. The smallest absolute Gasteiger partial charge is 0.121 e. The van der Waals surface area contributed by atoms with Crippen LogP contribution in [-0.2, 0) is 4.74 Å². The minimum atomic E-state index is 0.275. The lowest BCUT2D eigenvalue weighted by Gasteiger charge is -2.19. The highest BCUT2D eigenvalue weighted by Crippen LogP contribution is 2.37. The van der Waals surface area contributed by atoms with Crippen molar-refractivity contribution in [1.82, 2.24) is 0 Å². The Balaban J connectivity index is 2.14. The normalized spacial score (nSPS) is 25.9. The van der Waals surface area contributed by atoms with Gasteiger partial charge in [0.15, 0.2) is 0 Å². The summed E-state index contributed by atoms with van der Waals surface area (Å²) in [7, 11) is 1.70. The van der Waals surface area contributed by atoms with Crippen LogP contribution in [0.2, 0.25) is 0 Å². The first-order valence-electron chi connectivity index (χ1n) is 6.06. The summed E-state index contributed by atoms with van der Waals surface area (Å²) >= 11 is 3.76. The molecule has 3 unspecified atom stereocenters. The van der Waals surface area contributed by atoms with Crippen LogP contribution in [0, 0.1) is 6.92 Å². The molecule has 0 amide bonds. The van der Waals surface area contributed by atoms with Gasteiger partial charge >= 0.3 is 0 Å². The highest BCUT2D eigenvalue weighted by molar-refractivity contribution is 9.09. The maximum Gasteiger partial charge on any atom is 0.121 e. The monoisotopic (exact) mass is 298 g/mol. The SMILES string of the molecule is COc1ccc(C(Br)C2CCC(C)O2)cc1C. The van der Waals surface area contributed by atoms with Gasteiger partial charge in [0.1, 0.15) is 5.75 Å². The van der Waals surface area contributed by atoms with E-state index in [1.807, 2.05) is 6.07 Å². The molecule has 1 heterocycles. The summed E-state index contributed by atoms with van der Waals surface area (Å²) in [6, 6.07) is 6.31. The second-order valence-corrected chi connectivity index (χ2v) is 5.68. The van der Waals surface area contributed by atoms with Crippen LogP contribution >= 0.6 is 15.9 Å². The van der Waals surface area contributed by atoms with E-state index in [0.717, 1.165) is 18.6 Å². The number of hydrogen-bond donors (Lipinski definition) is 0. The molecule has 1 fully saturated rings. The van der Waals surface area contributed by atoms with Gasteiger partial charge in [-0.1, -0.05) is 28.1 Å². The van der Waals surface area contributed by atoms with Crippen molar-refractivity contribution in [2.45, 2.75) is 43.7 Å². The zero-order valence-corrected chi connectivity index (χ0v) is 12.2. The van der Waals surface area contributed by atoms with Gasteiger partial charge in [-0.3, -0.25) is 0 Å². The first-order chi connectivity index (χ1) is 8.11. The minimum absolute atomic E-state index is 0.275. The Morgan fingerprint density at radius 3 is 2.71 bits per heavy atom. The van der Waals surface area contributed by atoms with Crippen molar-refractivity contribution in [2.75, 3.05) is 7.11 Å². The molecular formula is C14H19BrO2. The number of rotatable bonds is 3. The predicted octanol–water partition coefficient (Wildman–Crippen LogP) is 4.01. The molecule has 1 aliphatic rings. The van der Waals surface area contributed by atoms with Gasteiger partial charge in [0, 0.05) is 0 Å². The number of alkyl halides is 1. The number of hydrogen-bond acceptors (Lipinski definition) is 2. The Bertz CT molecular complexity index is 392. The van der Waals surface area contributed by atoms with Crippen molar-refractivity contribution < 1.29 is 9.47 Å². The lowest BCUT2D eigenvalue weighted by atomic mass is 10.0. The third-order valence-electron chi connectivity index (χ3n) is 3.33. The van der Waals surface area contributed by atoms with Crippen LogP contribution in [0.25, 0.3) is 0 Å². The molecule has 3 heteroatoms. The molecule has 3 atom stereocenters. The van der Waals surface area contributed by atoms with E-state index in [9.17, 15) is 0 Å². The molecule has 0 bridgehead atoms. The second kappa shape index (κ2) is 5.40. The molecule has 0 spiro atoms. The van der Waals surface area contributed by atoms with Crippen molar-refractivity contribution in [3.8, 4) is 5.75 Å². The Morgan fingerprint density at radius 2 is 2.18 bits per heavy atom. The molecule has 0 N–H and O–H groups in total. The number of halogens is 1. The molecule has 1 saturated heterocycles. The predicted molar refractivity (Wildman–Crippen MR) is 73.0 cm³/mol. The van der Waals surface area contributed by atoms with Crippen LogP contribution < -0.4 is 4.74 Å². The molecule has 0 aliphatic carbocycles. The number of ether oxygens (including phenoxy) is 2. The molecule has 1 aromatic carbocycles. The molecule has 1 aliphatic heterocycles. The van der Waals surface area contributed by atoms with E-state index in [4.69, 9.17) is 9.47 Å². The highest BCUT2D eigenvalue weighted by Gasteiger charge is 2.29. The largest absolute Gasteiger partial charge is 0.496 e. The average Bonchev–Trinajstić information content (AvgIpc) is 2.75. The summed E-state index contributed by atoms with van der Waals surface area (Å²) in [5.74, 6) is 0.939. The standard InChI is InChI=1S/C14H19BrO2/c1-9-8-11(5-7-12(9)16-3)14(15)13-6-4-10(2)17-13/h5,7-8,10,13-14H,4,6H2,1-3H3. The van der Waals surface area contributed by atoms with Crippen molar-refractivity contribution >= 4 is 15.9 Å². The fourth-order valence-electron chi connectivity index (χ4n) is 2.34. The van der Waals surface area contributed by atoms with Gasteiger partial charge in [-0.05, 0) is 43.9 Å². The lowest BCUT2D eigenvalue weighted by molar-refractivity contribution is 0.0557. The van der Waals surface area contributed by atoms with Crippen molar-refractivity contribution in [1.29, 1.82) is 0 Å². The second-order valence-electron chi connectivity index (χ2n) is 4.69. The number of methoxy groups -OCH3 is 1. The molecule has 17 heavy (non-hydrogen) atoms. The summed E-state index contributed by atoms with van der Waals surface area (Å²) in [4.78, 5) is 0.275. The molecular weight excluding hydrogens is 280 g/mol. The first-order valence-corrected chi connectivity index (χ1v) is 6.97. The van der Waals surface area contributed by atoms with Gasteiger partial charge in [0.05, 0.1) is 24.1 Å². The van der Waals surface area contributed by atoms with Crippen molar-refractivity contribution in [2.24, 2.45) is 0 Å². The van der Waals surface area contributed by atoms with E-state index in [2.05, 4.69) is 41.9 Å². The van der Waals surface area contributed by atoms with Gasteiger partial charge in [-0.15, -0.1) is 0 Å². The zero-order chi connectivity index (χ0) is 12.4. The number of aryl methyl sites for hydroxylation is 1. The van der Waals surface area contributed by atoms with E-state index >= 15 is 0 Å². The molecule has 1 aromatic rings. The van der Waals surface area contributed by atoms with Crippen LogP contribution in [0.15, 0.2) is 18.2 Å². The molecule has 0 aromatic heterocycles. The summed E-state index contributed by atoms with van der Waals surface area (Å²) in [5.41, 5.74) is 2.43. The molecule has 2 rings (SSSR count). The topological polar surface area (TPSA) is 18.5 Å². The maximum absolute atomic E-state index is 5.90. The van der Waals surface area contributed by atoms with E-state index in [0.29, 0.717) is 6.10 Å². The summed E-state index contributed by atoms with van der Waals surface area (Å²) < 4.78 is 11.2. The van der Waals surface area contributed by atoms with Crippen LogP contribution in [0.5, 0.6) is 5.75 Å². The van der Waals surface area contributed by atoms with Gasteiger partial charge in [0.25, 0.3) is 0 Å². The van der Waals surface area contributed by atoms with E-state index in [-0.39, 0.29) is 10.9 Å². The fourth-order valence-corrected chi connectivity index (χ4v) is 3.01. The molecule has 0 radical (unpaired) electrons. The van der Waals surface area contributed by atoms with E-state index in [1.54, 1.807) is 7.11 Å². The lowest BCUT2D eigenvalue weighted by Crippen LogP contribution is -2.14. The quantitative estimate of drug-likeness (QED) is 0.785. The van der Waals surface area contributed by atoms with Crippen LogP contribution in [0.4, 0.5) is 0 Å². The maximum atomic E-state index is 5.90. The molecule has 94 valence electrons. The summed E-state index contributed by atoms with van der Waals surface area (Å²) in [5, 5.41) is 0. The number of benzene rings is 1. The van der Waals surface area contributed by atoms with Crippen molar-refractivity contribution in [3.05, 3.63) is 29.3 Å². The summed E-state index contributed by atoms with van der Waals surface area (Å²) in [6.45, 7) is 4.21. The Hall–Kier alpha value is -0.540. The Morgan fingerprint density at radius 1 is 1.41 bits per heavy atom. The molecule has 0 saturated carbocycles. The van der Waals surface area contributed by atoms with Crippen LogP contribution in [0.3, 0.4) is 0 Å². The van der Waals surface area contributed by atoms with E-state index < -0.39 is 0 Å². The summed E-state index contributed by atoms with van der Waals surface area (Å²) in [6.07, 6.45) is 2.96. The minimum Gasteiger partial charge on any atom is -0.496 e. The van der Waals surface area contributed by atoms with Gasteiger partial charge in [-0.25, -0.2) is 0 Å². The third-order valence-corrected chi connectivity index (χ3v) is 4.45. The third kappa shape index (κ3) is 2.83. The van der Waals surface area contributed by atoms with Crippen LogP contribution in [-0.4, -0.2) is 19.3 Å². The van der Waals surface area contributed by atoms with Crippen LogP contribution in [0.1, 0.15) is 35.7 Å². The van der Waals surface area contributed by atoms with Crippen molar-refractivity contribution in [3.63, 3.8) is 0 Å². The Labute approximate surface area is 111 Å². The van der Waals surface area contributed by atoms with Gasteiger partial charge < -0.3 is 9.47 Å². The van der Waals surface area contributed by atoms with Gasteiger partial charge in [-0.2, -0.15) is 0 Å². The Kier molecular flexibility index (Phi) is 4.10. The fraction of sp³-hybridized carbons (Fsp3) is 0.571. The zero-order valence-electron chi connectivity index (χ0n) is 10.6. The highest BCUT2D eigenvalue weighted by atomic mass is 79.9.